The molecule has 36 heavy (non-hydrogen) atoms. The van der Waals surface area contributed by atoms with Gasteiger partial charge in [-0.1, -0.05) is 36.4 Å². The van der Waals surface area contributed by atoms with E-state index in [1.807, 2.05) is 64.1 Å². The molecule has 0 aliphatic carbocycles. The first-order valence-electron chi connectivity index (χ1n) is 12.0. The van der Waals surface area contributed by atoms with E-state index in [9.17, 15) is 10.2 Å². The molecule has 182 valence electrons. The van der Waals surface area contributed by atoms with Crippen LogP contribution in [0.4, 0.5) is 11.4 Å². The summed E-state index contributed by atoms with van der Waals surface area (Å²) in [6.45, 7) is 12.0. The Morgan fingerprint density at radius 2 is 0.917 bits per heavy atom. The number of rotatable bonds is 5. The summed E-state index contributed by atoms with van der Waals surface area (Å²) < 4.78 is 0. The Kier molecular flexibility index (Phi) is 7.07. The zero-order chi connectivity index (χ0) is 26.0. The van der Waals surface area contributed by atoms with Crippen molar-refractivity contribution in [3.8, 4) is 22.6 Å². The molecule has 2 N–H and O–H groups in total. The van der Waals surface area contributed by atoms with Gasteiger partial charge in [0.2, 0.25) is 0 Å². The molecule has 0 amide bonds. The van der Waals surface area contributed by atoms with Crippen molar-refractivity contribution in [2.24, 2.45) is 9.98 Å². The third-order valence-electron chi connectivity index (χ3n) is 6.44. The van der Waals surface area contributed by atoms with Crippen molar-refractivity contribution in [3.05, 3.63) is 105 Å². The first-order valence-corrected chi connectivity index (χ1v) is 12.0. The van der Waals surface area contributed by atoms with E-state index in [0.29, 0.717) is 11.1 Å². The van der Waals surface area contributed by atoms with Crippen LogP contribution in [0, 0.1) is 41.5 Å². The normalized spacial score (nSPS) is 11.6. The molecule has 0 heterocycles. The van der Waals surface area contributed by atoms with Gasteiger partial charge in [-0.05, 0) is 99.2 Å². The van der Waals surface area contributed by atoms with Crippen molar-refractivity contribution in [2.75, 3.05) is 0 Å². The molecular formula is C32H32N2O2. The molecule has 0 spiro atoms. The van der Waals surface area contributed by atoms with Crippen LogP contribution in [0.3, 0.4) is 0 Å². The number of hydrogen-bond donors (Lipinski definition) is 2. The second-order valence-electron chi connectivity index (χ2n) is 9.48. The fourth-order valence-corrected chi connectivity index (χ4v) is 4.69. The van der Waals surface area contributed by atoms with Crippen molar-refractivity contribution >= 4 is 23.8 Å². The SMILES string of the molecule is Cc1cc(C)c(C=Nc2cccc(C)c2-c2c(C)cccc2N=Cc2c(C)cc(C)cc2O)c(O)c1. The van der Waals surface area contributed by atoms with E-state index in [-0.39, 0.29) is 11.5 Å². The summed E-state index contributed by atoms with van der Waals surface area (Å²) in [5.41, 5.74) is 11.1. The summed E-state index contributed by atoms with van der Waals surface area (Å²) in [6, 6.07) is 19.7. The predicted molar refractivity (Wildman–Crippen MR) is 151 cm³/mol. The van der Waals surface area contributed by atoms with Gasteiger partial charge in [0.1, 0.15) is 11.5 Å². The van der Waals surface area contributed by atoms with Gasteiger partial charge in [0.15, 0.2) is 0 Å². The summed E-state index contributed by atoms with van der Waals surface area (Å²) >= 11 is 0. The van der Waals surface area contributed by atoms with Gasteiger partial charge in [-0.3, -0.25) is 9.98 Å². The minimum absolute atomic E-state index is 0.222. The number of aromatic hydroxyl groups is 2. The Morgan fingerprint density at radius 1 is 0.528 bits per heavy atom. The van der Waals surface area contributed by atoms with Gasteiger partial charge < -0.3 is 10.2 Å². The van der Waals surface area contributed by atoms with Crippen LogP contribution in [-0.4, -0.2) is 22.6 Å². The van der Waals surface area contributed by atoms with E-state index in [2.05, 4.69) is 26.0 Å². The Labute approximate surface area is 213 Å². The van der Waals surface area contributed by atoms with Gasteiger partial charge in [-0.2, -0.15) is 0 Å². The maximum atomic E-state index is 10.5. The van der Waals surface area contributed by atoms with E-state index >= 15 is 0 Å². The van der Waals surface area contributed by atoms with Crippen molar-refractivity contribution in [2.45, 2.75) is 41.5 Å². The van der Waals surface area contributed by atoms with E-state index < -0.39 is 0 Å². The zero-order valence-electron chi connectivity index (χ0n) is 21.7. The van der Waals surface area contributed by atoms with Crippen molar-refractivity contribution in [3.63, 3.8) is 0 Å². The van der Waals surface area contributed by atoms with Crippen LogP contribution < -0.4 is 0 Å². The third-order valence-corrected chi connectivity index (χ3v) is 6.44. The molecular weight excluding hydrogens is 444 g/mol. The molecule has 0 aliphatic rings. The summed E-state index contributed by atoms with van der Waals surface area (Å²) in [7, 11) is 0. The lowest BCUT2D eigenvalue weighted by Gasteiger charge is -2.15. The Morgan fingerprint density at radius 3 is 1.28 bits per heavy atom. The van der Waals surface area contributed by atoms with Crippen molar-refractivity contribution < 1.29 is 10.2 Å². The van der Waals surface area contributed by atoms with Crippen LogP contribution >= 0.6 is 0 Å². The minimum atomic E-state index is 0.222. The van der Waals surface area contributed by atoms with Crippen molar-refractivity contribution in [1.29, 1.82) is 0 Å². The molecule has 4 rings (SSSR count). The van der Waals surface area contributed by atoms with Crippen LogP contribution in [0.1, 0.15) is 44.5 Å². The van der Waals surface area contributed by atoms with Gasteiger partial charge in [0.25, 0.3) is 0 Å². The Bertz CT molecular complexity index is 1350. The highest BCUT2D eigenvalue weighted by Gasteiger charge is 2.15. The van der Waals surface area contributed by atoms with Gasteiger partial charge in [0.05, 0.1) is 11.4 Å². The average Bonchev–Trinajstić information content (AvgIpc) is 2.78. The molecule has 4 aromatic rings. The monoisotopic (exact) mass is 476 g/mol. The minimum Gasteiger partial charge on any atom is -0.507 e. The van der Waals surface area contributed by atoms with E-state index in [1.54, 1.807) is 24.6 Å². The largest absolute Gasteiger partial charge is 0.507 e. The zero-order valence-corrected chi connectivity index (χ0v) is 21.7. The molecule has 4 nitrogen and oxygen atoms in total. The highest BCUT2D eigenvalue weighted by molar-refractivity contribution is 5.95. The Hall–Kier alpha value is -4.18. The van der Waals surface area contributed by atoms with Gasteiger partial charge in [-0.15, -0.1) is 0 Å². The lowest BCUT2D eigenvalue weighted by molar-refractivity contribution is 0.473. The van der Waals surface area contributed by atoms with E-state index in [0.717, 1.165) is 55.9 Å². The summed E-state index contributed by atoms with van der Waals surface area (Å²) in [5, 5.41) is 21.0. The molecule has 0 bridgehead atoms. The Balaban J connectivity index is 1.84. The summed E-state index contributed by atoms with van der Waals surface area (Å²) in [6.07, 6.45) is 3.47. The van der Waals surface area contributed by atoms with Crippen LogP contribution in [0.25, 0.3) is 11.1 Å². The highest BCUT2D eigenvalue weighted by Crippen LogP contribution is 2.41. The van der Waals surface area contributed by atoms with Crippen LogP contribution in [0.15, 0.2) is 70.6 Å². The number of hydrogen-bond acceptors (Lipinski definition) is 4. The number of phenols is 2. The first-order chi connectivity index (χ1) is 17.2. The van der Waals surface area contributed by atoms with Gasteiger partial charge in [-0.25, -0.2) is 0 Å². The molecule has 0 unspecified atom stereocenters. The topological polar surface area (TPSA) is 65.2 Å². The standard InChI is InChI=1S/C32H32N2O2/c1-19-13-23(5)25(29(35)15-19)17-33-27-11-7-9-21(3)31(27)32-22(4)10-8-12-28(32)34-18-26-24(6)14-20(2)16-30(26)36/h7-18,35-36H,1-6H3. The van der Waals surface area contributed by atoms with Crippen molar-refractivity contribution in [1.82, 2.24) is 0 Å². The molecule has 0 aliphatic heterocycles. The maximum absolute atomic E-state index is 10.5. The van der Waals surface area contributed by atoms with E-state index in [1.165, 1.54) is 0 Å². The molecule has 4 aromatic carbocycles. The van der Waals surface area contributed by atoms with Gasteiger partial charge >= 0.3 is 0 Å². The molecule has 0 fully saturated rings. The highest BCUT2D eigenvalue weighted by atomic mass is 16.3. The number of aryl methyl sites for hydroxylation is 6. The second-order valence-corrected chi connectivity index (χ2v) is 9.48. The maximum Gasteiger partial charge on any atom is 0.124 e. The molecule has 4 heteroatoms. The van der Waals surface area contributed by atoms with Crippen LogP contribution in [0.5, 0.6) is 11.5 Å². The van der Waals surface area contributed by atoms with Crippen LogP contribution in [0.2, 0.25) is 0 Å². The second kappa shape index (κ2) is 10.2. The number of benzene rings is 4. The number of phenolic OH excluding ortho intramolecular Hbond substituents is 2. The summed E-state index contributed by atoms with van der Waals surface area (Å²) in [5.74, 6) is 0.444. The van der Waals surface area contributed by atoms with Gasteiger partial charge in [0, 0.05) is 34.7 Å². The summed E-state index contributed by atoms with van der Waals surface area (Å²) in [4.78, 5) is 9.65. The molecule has 0 atom stereocenters. The quantitative estimate of drug-likeness (QED) is 0.286. The third kappa shape index (κ3) is 5.08. The molecule has 0 aromatic heterocycles. The number of aliphatic imine (C=N–C) groups is 2. The lowest BCUT2D eigenvalue weighted by Crippen LogP contribution is -1.93. The predicted octanol–water partition coefficient (Wildman–Crippen LogP) is 8.12. The number of nitrogens with zero attached hydrogens (tertiary/aromatic N) is 2. The van der Waals surface area contributed by atoms with Crippen LogP contribution in [-0.2, 0) is 0 Å². The molecule has 0 saturated heterocycles. The molecule has 0 radical (unpaired) electrons. The fourth-order valence-electron chi connectivity index (χ4n) is 4.69. The smallest absolute Gasteiger partial charge is 0.124 e. The molecule has 0 saturated carbocycles. The lowest BCUT2D eigenvalue weighted by atomic mass is 9.93. The first kappa shape index (κ1) is 24.9. The van der Waals surface area contributed by atoms with E-state index in [4.69, 9.17) is 9.98 Å². The average molecular weight is 477 g/mol. The fraction of sp³-hybridized carbons (Fsp3) is 0.188.